The Morgan fingerprint density at radius 1 is 1.09 bits per heavy atom. The fraction of sp³-hybridized carbons (Fsp3) is 0.364. The van der Waals surface area contributed by atoms with E-state index >= 15 is 0 Å². The number of carbonyl (C=O) groups excluding carboxylic acids is 3. The van der Waals surface area contributed by atoms with Crippen LogP contribution in [0.1, 0.15) is 46.4 Å². The molecule has 0 saturated carbocycles. The van der Waals surface area contributed by atoms with Gasteiger partial charge in [-0.3, -0.25) is 15.6 Å². The van der Waals surface area contributed by atoms with Crippen molar-refractivity contribution < 1.29 is 38.1 Å². The molecular formula is C22H25N3O8S2. The molecule has 2 heterocycles. The van der Waals surface area contributed by atoms with Gasteiger partial charge in [0.05, 0.1) is 18.8 Å². The van der Waals surface area contributed by atoms with E-state index in [1.807, 2.05) is 0 Å². The molecule has 1 aromatic carbocycles. The summed E-state index contributed by atoms with van der Waals surface area (Å²) in [6.07, 6.45) is -0.875. The van der Waals surface area contributed by atoms with Gasteiger partial charge in [-0.1, -0.05) is 0 Å². The number of hydrazine groups is 1. The van der Waals surface area contributed by atoms with Gasteiger partial charge in [0.1, 0.15) is 15.6 Å². The van der Waals surface area contributed by atoms with Crippen molar-refractivity contribution in [3.63, 3.8) is 0 Å². The topological polar surface area (TPSA) is 133 Å². The molecule has 3 N–H and O–H groups in total. The number of ether oxygens (including phenoxy) is 5. The standard InChI is InChI=1S/C22H25N3O8S2/c1-5-29-20(27)16-11(3)17(21(28)30-6-2)35-19(16)23-22(34)25-24-18(26)12(4)33-13-7-8-14-15(9-13)32-10-31-14/h7-9,12H,5-6,10H2,1-4H3,(H,24,26)(H2,23,25,34)/t12-/m0/s1. The minimum atomic E-state index is -0.875. The first kappa shape index (κ1) is 26.0. The highest BCUT2D eigenvalue weighted by molar-refractivity contribution is 7.80. The number of amides is 1. The lowest BCUT2D eigenvalue weighted by Gasteiger charge is -2.16. The Balaban J connectivity index is 1.61. The van der Waals surface area contributed by atoms with Gasteiger partial charge in [0.2, 0.25) is 6.79 Å². The van der Waals surface area contributed by atoms with Gasteiger partial charge < -0.3 is 29.0 Å². The number of fused-ring (bicyclic) bond motifs is 1. The lowest BCUT2D eigenvalue weighted by molar-refractivity contribution is -0.127. The lowest BCUT2D eigenvalue weighted by Crippen LogP contribution is -2.48. The molecule has 13 heteroatoms. The Morgan fingerprint density at radius 2 is 1.77 bits per heavy atom. The third kappa shape index (κ3) is 6.31. The van der Waals surface area contributed by atoms with Crippen molar-refractivity contribution in [2.45, 2.75) is 33.8 Å². The van der Waals surface area contributed by atoms with Crippen LogP contribution >= 0.6 is 23.6 Å². The Kier molecular flexibility index (Phi) is 8.71. The SMILES string of the molecule is CCOC(=O)c1sc(NC(=S)NNC(=O)[C@H](C)Oc2ccc3c(c2)OCO3)c(C(=O)OCC)c1C. The molecule has 1 amide bonds. The van der Waals surface area contributed by atoms with E-state index in [0.29, 0.717) is 22.8 Å². The van der Waals surface area contributed by atoms with Gasteiger partial charge in [-0.25, -0.2) is 9.59 Å². The van der Waals surface area contributed by atoms with Crippen molar-refractivity contribution in [2.75, 3.05) is 25.3 Å². The molecule has 0 unspecified atom stereocenters. The highest BCUT2D eigenvalue weighted by atomic mass is 32.1. The number of nitrogens with one attached hydrogen (secondary N) is 3. The van der Waals surface area contributed by atoms with Gasteiger partial charge in [-0.05, 0) is 57.6 Å². The van der Waals surface area contributed by atoms with E-state index in [9.17, 15) is 14.4 Å². The Labute approximate surface area is 211 Å². The molecule has 3 rings (SSSR count). The predicted octanol–water partition coefficient (Wildman–Crippen LogP) is 2.92. The summed E-state index contributed by atoms with van der Waals surface area (Å²) in [5, 5.41) is 3.08. The first-order valence-corrected chi connectivity index (χ1v) is 11.9. The summed E-state index contributed by atoms with van der Waals surface area (Å²) in [5.74, 6) is -0.120. The van der Waals surface area contributed by atoms with Crippen LogP contribution in [0.4, 0.5) is 5.00 Å². The summed E-state index contributed by atoms with van der Waals surface area (Å²) in [7, 11) is 0. The van der Waals surface area contributed by atoms with Gasteiger partial charge in [-0.15, -0.1) is 11.3 Å². The number of rotatable bonds is 8. The van der Waals surface area contributed by atoms with Gasteiger partial charge in [0.15, 0.2) is 22.7 Å². The van der Waals surface area contributed by atoms with Crippen molar-refractivity contribution in [3.05, 3.63) is 34.2 Å². The van der Waals surface area contributed by atoms with Crippen molar-refractivity contribution in [2.24, 2.45) is 0 Å². The van der Waals surface area contributed by atoms with E-state index in [-0.39, 0.29) is 40.6 Å². The van der Waals surface area contributed by atoms with Gasteiger partial charge >= 0.3 is 11.9 Å². The number of benzene rings is 1. The number of carbonyl (C=O) groups is 3. The van der Waals surface area contributed by atoms with Crippen LogP contribution in [-0.4, -0.2) is 49.1 Å². The number of esters is 2. The second-order valence-corrected chi connectivity index (χ2v) is 8.47. The van der Waals surface area contributed by atoms with Crippen LogP contribution in [0.5, 0.6) is 17.2 Å². The molecule has 2 aromatic rings. The smallest absolute Gasteiger partial charge is 0.348 e. The van der Waals surface area contributed by atoms with Crippen molar-refractivity contribution in [3.8, 4) is 17.2 Å². The molecule has 1 aromatic heterocycles. The maximum absolute atomic E-state index is 12.5. The second-order valence-electron chi connectivity index (χ2n) is 7.04. The van der Waals surface area contributed by atoms with Crippen molar-refractivity contribution in [1.82, 2.24) is 10.9 Å². The zero-order valence-corrected chi connectivity index (χ0v) is 21.1. The first-order valence-electron chi connectivity index (χ1n) is 10.7. The maximum atomic E-state index is 12.5. The number of hydrogen-bond acceptors (Lipinski definition) is 10. The van der Waals surface area contributed by atoms with Gasteiger partial charge in [-0.2, -0.15) is 0 Å². The molecule has 0 spiro atoms. The zero-order valence-electron chi connectivity index (χ0n) is 19.5. The summed E-state index contributed by atoms with van der Waals surface area (Å²) in [6, 6.07) is 4.98. The molecule has 1 aliphatic heterocycles. The van der Waals surface area contributed by atoms with Crippen LogP contribution in [0.3, 0.4) is 0 Å². The molecule has 0 bridgehead atoms. The molecule has 0 radical (unpaired) electrons. The van der Waals surface area contributed by atoms with Crippen molar-refractivity contribution in [1.29, 1.82) is 0 Å². The third-order valence-electron chi connectivity index (χ3n) is 4.64. The number of thiocarbonyl (C=S) groups is 1. The minimum Gasteiger partial charge on any atom is -0.481 e. The Morgan fingerprint density at radius 3 is 2.49 bits per heavy atom. The minimum absolute atomic E-state index is 0.0177. The quantitative estimate of drug-likeness (QED) is 0.268. The second kappa shape index (κ2) is 11.7. The zero-order chi connectivity index (χ0) is 25.5. The highest BCUT2D eigenvalue weighted by Gasteiger charge is 2.27. The third-order valence-corrected chi connectivity index (χ3v) is 6.03. The summed E-state index contributed by atoms with van der Waals surface area (Å²) in [5.41, 5.74) is 5.56. The fourth-order valence-corrected chi connectivity index (χ4v) is 4.31. The summed E-state index contributed by atoms with van der Waals surface area (Å²) in [4.78, 5) is 37.4. The molecular weight excluding hydrogens is 498 g/mol. The van der Waals surface area contributed by atoms with Crippen LogP contribution in [-0.2, 0) is 14.3 Å². The molecule has 1 aliphatic rings. The van der Waals surface area contributed by atoms with Crippen LogP contribution in [0, 0.1) is 6.92 Å². The van der Waals surface area contributed by atoms with Crippen LogP contribution in [0.2, 0.25) is 0 Å². The van der Waals surface area contributed by atoms with Gasteiger partial charge in [0.25, 0.3) is 5.91 Å². The Hall–Kier alpha value is -3.58. The van der Waals surface area contributed by atoms with E-state index in [1.165, 1.54) is 0 Å². The molecule has 188 valence electrons. The average molecular weight is 524 g/mol. The lowest BCUT2D eigenvalue weighted by atomic mass is 10.1. The number of thiophene rings is 1. The summed E-state index contributed by atoms with van der Waals surface area (Å²) >= 11 is 6.23. The molecule has 0 saturated heterocycles. The van der Waals surface area contributed by atoms with Crippen LogP contribution in [0.25, 0.3) is 0 Å². The maximum Gasteiger partial charge on any atom is 0.348 e. The molecule has 11 nitrogen and oxygen atoms in total. The first-order chi connectivity index (χ1) is 16.7. The molecule has 35 heavy (non-hydrogen) atoms. The molecule has 1 atom stereocenters. The Bertz CT molecular complexity index is 1130. The van der Waals surface area contributed by atoms with E-state index < -0.39 is 23.9 Å². The average Bonchev–Trinajstić information content (AvgIpc) is 3.41. The monoisotopic (exact) mass is 523 g/mol. The van der Waals surface area contributed by atoms with Crippen LogP contribution in [0.15, 0.2) is 18.2 Å². The molecule has 0 fully saturated rings. The van der Waals surface area contributed by atoms with Crippen LogP contribution < -0.4 is 30.4 Å². The van der Waals surface area contributed by atoms with Gasteiger partial charge in [0, 0.05) is 6.07 Å². The summed E-state index contributed by atoms with van der Waals surface area (Å²) < 4.78 is 26.3. The number of hydrogen-bond donors (Lipinski definition) is 3. The predicted molar refractivity (Wildman–Crippen MR) is 131 cm³/mol. The largest absolute Gasteiger partial charge is 0.481 e. The normalized spacial score (nSPS) is 12.3. The van der Waals surface area contributed by atoms with Crippen molar-refractivity contribution >= 4 is 51.5 Å². The van der Waals surface area contributed by atoms with E-state index in [2.05, 4.69) is 16.2 Å². The van der Waals surface area contributed by atoms with E-state index in [1.54, 1.807) is 45.9 Å². The molecule has 0 aliphatic carbocycles. The number of anilines is 1. The van der Waals surface area contributed by atoms with E-state index in [4.69, 9.17) is 35.9 Å². The summed E-state index contributed by atoms with van der Waals surface area (Å²) in [6.45, 7) is 7.01. The van der Waals surface area contributed by atoms with E-state index in [0.717, 1.165) is 11.3 Å². The fourth-order valence-electron chi connectivity index (χ4n) is 3.00. The highest BCUT2D eigenvalue weighted by Crippen LogP contribution is 2.36.